The Bertz CT molecular complexity index is 906. The molecule has 3 rings (SSSR count). The van der Waals surface area contributed by atoms with Gasteiger partial charge in [-0.2, -0.15) is 0 Å². The first-order valence-electron chi connectivity index (χ1n) is 8.38. The third kappa shape index (κ3) is 3.72. The number of nitrogens with zero attached hydrogens (tertiary/aromatic N) is 1. The predicted octanol–water partition coefficient (Wildman–Crippen LogP) is 5.60. The number of Topliss-reactive ketones (excluding diaryl/α,β-unsaturated/α-hetero) is 1. The molecule has 0 aliphatic rings. The van der Waals surface area contributed by atoms with Crippen LogP contribution in [0.1, 0.15) is 31.1 Å². The van der Waals surface area contributed by atoms with E-state index in [-0.39, 0.29) is 5.78 Å². The van der Waals surface area contributed by atoms with Gasteiger partial charge in [-0.25, -0.2) is 0 Å². The zero-order chi connectivity index (χ0) is 18.0. The lowest BCUT2D eigenvalue weighted by Gasteiger charge is -2.15. The van der Waals surface area contributed by atoms with Gasteiger partial charge in [0.05, 0.1) is 11.6 Å². The maximum Gasteiger partial charge on any atom is 0.170 e. The van der Waals surface area contributed by atoms with Gasteiger partial charge in [-0.05, 0) is 18.2 Å². The van der Waals surface area contributed by atoms with Gasteiger partial charge in [0.1, 0.15) is 12.4 Å². The van der Waals surface area contributed by atoms with Crippen LogP contribution in [0.3, 0.4) is 0 Å². The lowest BCUT2D eigenvalue weighted by Crippen LogP contribution is -2.20. The van der Waals surface area contributed by atoms with E-state index in [0.717, 1.165) is 16.5 Å². The number of carbonyl (C=O) groups excluding carboxylic acids is 1. The average Bonchev–Trinajstić information content (AvgIpc) is 2.94. The molecule has 1 heterocycles. The number of hydrogen-bond donors (Lipinski definition) is 0. The first-order chi connectivity index (χ1) is 11.9. The summed E-state index contributed by atoms with van der Waals surface area (Å²) in [6, 6.07) is 15.4. The number of ether oxygens (including phenoxy) is 1. The molecule has 0 aliphatic heterocycles. The van der Waals surface area contributed by atoms with E-state index in [1.165, 1.54) is 0 Å². The SMILES string of the molecule is CC(C)(C)C(=O)c1cn(CCOc2ccccc2Cl)c2ccccc12. The van der Waals surface area contributed by atoms with Crippen LogP contribution in [0.2, 0.25) is 5.02 Å². The molecule has 0 atom stereocenters. The number of benzene rings is 2. The number of fused-ring (bicyclic) bond motifs is 1. The molecule has 1 aromatic heterocycles. The van der Waals surface area contributed by atoms with E-state index in [4.69, 9.17) is 16.3 Å². The monoisotopic (exact) mass is 355 g/mol. The highest BCUT2D eigenvalue weighted by molar-refractivity contribution is 6.32. The summed E-state index contributed by atoms with van der Waals surface area (Å²) < 4.78 is 7.86. The Morgan fingerprint density at radius 2 is 1.76 bits per heavy atom. The van der Waals surface area contributed by atoms with E-state index in [2.05, 4.69) is 4.57 Å². The van der Waals surface area contributed by atoms with Crippen molar-refractivity contribution in [3.05, 3.63) is 65.3 Å². The summed E-state index contributed by atoms with van der Waals surface area (Å²) in [6.45, 7) is 6.96. The van der Waals surface area contributed by atoms with Gasteiger partial charge >= 0.3 is 0 Å². The molecular formula is C21H22ClNO2. The van der Waals surface area contributed by atoms with Crippen molar-refractivity contribution in [2.75, 3.05) is 6.61 Å². The number of para-hydroxylation sites is 2. The second-order valence-corrected chi connectivity index (χ2v) is 7.52. The standard InChI is InChI=1S/C21H22ClNO2/c1-21(2,3)20(24)16-14-23(18-10-6-4-8-15(16)18)12-13-25-19-11-7-5-9-17(19)22/h4-11,14H,12-13H2,1-3H3. The molecule has 0 fully saturated rings. The van der Waals surface area contributed by atoms with Crippen LogP contribution in [0.25, 0.3) is 10.9 Å². The minimum atomic E-state index is -0.414. The van der Waals surface area contributed by atoms with E-state index in [0.29, 0.717) is 23.9 Å². The van der Waals surface area contributed by atoms with Gasteiger partial charge in [-0.3, -0.25) is 4.79 Å². The molecule has 0 unspecified atom stereocenters. The first-order valence-corrected chi connectivity index (χ1v) is 8.76. The van der Waals surface area contributed by atoms with E-state index < -0.39 is 5.41 Å². The van der Waals surface area contributed by atoms with Crippen molar-refractivity contribution in [1.82, 2.24) is 4.57 Å². The van der Waals surface area contributed by atoms with Crippen LogP contribution in [-0.2, 0) is 6.54 Å². The molecular weight excluding hydrogens is 334 g/mol. The largest absolute Gasteiger partial charge is 0.490 e. The van der Waals surface area contributed by atoms with Crippen molar-refractivity contribution < 1.29 is 9.53 Å². The van der Waals surface area contributed by atoms with Crippen molar-refractivity contribution in [3.63, 3.8) is 0 Å². The molecule has 3 nitrogen and oxygen atoms in total. The predicted molar refractivity (Wildman–Crippen MR) is 103 cm³/mol. The highest BCUT2D eigenvalue weighted by Gasteiger charge is 2.26. The maximum atomic E-state index is 12.8. The smallest absolute Gasteiger partial charge is 0.170 e. The Balaban J connectivity index is 1.85. The molecule has 0 spiro atoms. The average molecular weight is 356 g/mol. The number of aromatic nitrogens is 1. The molecule has 3 aromatic rings. The van der Waals surface area contributed by atoms with Crippen LogP contribution in [-0.4, -0.2) is 17.0 Å². The second-order valence-electron chi connectivity index (χ2n) is 7.11. The molecule has 0 bridgehead atoms. The number of halogens is 1. The van der Waals surface area contributed by atoms with Gasteiger partial charge < -0.3 is 9.30 Å². The van der Waals surface area contributed by atoms with Crippen LogP contribution >= 0.6 is 11.6 Å². The highest BCUT2D eigenvalue weighted by atomic mass is 35.5. The lowest BCUT2D eigenvalue weighted by molar-refractivity contribution is 0.0860. The Hall–Kier alpha value is -2.26. The third-order valence-corrected chi connectivity index (χ3v) is 4.45. The summed E-state index contributed by atoms with van der Waals surface area (Å²) in [7, 11) is 0. The fraction of sp³-hybridized carbons (Fsp3) is 0.286. The van der Waals surface area contributed by atoms with Crippen molar-refractivity contribution >= 4 is 28.3 Å². The van der Waals surface area contributed by atoms with E-state index in [1.54, 1.807) is 0 Å². The van der Waals surface area contributed by atoms with E-state index in [1.807, 2.05) is 75.5 Å². The molecule has 0 N–H and O–H groups in total. The Kier molecular flexibility index (Phi) is 4.87. The minimum absolute atomic E-state index is 0.148. The normalized spacial score (nSPS) is 11.7. The van der Waals surface area contributed by atoms with Gasteiger partial charge in [-0.1, -0.05) is 62.7 Å². The van der Waals surface area contributed by atoms with Crippen LogP contribution in [0.5, 0.6) is 5.75 Å². The Morgan fingerprint density at radius 1 is 1.08 bits per heavy atom. The van der Waals surface area contributed by atoms with Gasteiger partial charge in [0.15, 0.2) is 5.78 Å². The van der Waals surface area contributed by atoms with Crippen LogP contribution in [0.4, 0.5) is 0 Å². The van der Waals surface area contributed by atoms with Gasteiger partial charge in [0.2, 0.25) is 0 Å². The van der Waals surface area contributed by atoms with Crippen LogP contribution < -0.4 is 4.74 Å². The zero-order valence-electron chi connectivity index (χ0n) is 14.8. The third-order valence-electron chi connectivity index (χ3n) is 4.14. The summed E-state index contributed by atoms with van der Waals surface area (Å²) in [5.41, 5.74) is 1.39. The topological polar surface area (TPSA) is 31.2 Å². The molecule has 4 heteroatoms. The summed E-state index contributed by atoms with van der Waals surface area (Å²) in [5.74, 6) is 0.820. The first kappa shape index (κ1) is 17.6. The summed E-state index contributed by atoms with van der Waals surface area (Å²) in [4.78, 5) is 12.8. The Morgan fingerprint density at radius 3 is 2.48 bits per heavy atom. The molecule has 25 heavy (non-hydrogen) atoms. The number of carbonyl (C=O) groups is 1. The lowest BCUT2D eigenvalue weighted by atomic mass is 9.86. The summed E-state index contributed by atoms with van der Waals surface area (Å²) in [5, 5.41) is 1.59. The van der Waals surface area contributed by atoms with E-state index in [9.17, 15) is 4.79 Å². The fourth-order valence-electron chi connectivity index (χ4n) is 2.83. The Labute approximate surface area is 153 Å². The molecule has 2 aromatic carbocycles. The summed E-state index contributed by atoms with van der Waals surface area (Å²) in [6.07, 6.45) is 1.94. The number of ketones is 1. The van der Waals surface area contributed by atoms with Gasteiger partial charge in [0.25, 0.3) is 0 Å². The number of rotatable bonds is 5. The molecule has 0 radical (unpaired) electrons. The van der Waals surface area contributed by atoms with Crippen LogP contribution in [0.15, 0.2) is 54.7 Å². The van der Waals surface area contributed by atoms with Crippen LogP contribution in [0, 0.1) is 5.41 Å². The molecule has 130 valence electrons. The molecule has 0 saturated carbocycles. The van der Waals surface area contributed by atoms with Crippen molar-refractivity contribution in [2.45, 2.75) is 27.3 Å². The van der Waals surface area contributed by atoms with Crippen molar-refractivity contribution in [3.8, 4) is 5.75 Å². The fourth-order valence-corrected chi connectivity index (χ4v) is 3.02. The maximum absolute atomic E-state index is 12.8. The molecule has 0 aliphatic carbocycles. The zero-order valence-corrected chi connectivity index (χ0v) is 15.5. The van der Waals surface area contributed by atoms with Crippen molar-refractivity contribution in [2.24, 2.45) is 5.41 Å². The van der Waals surface area contributed by atoms with Crippen molar-refractivity contribution in [1.29, 1.82) is 0 Å². The van der Waals surface area contributed by atoms with E-state index >= 15 is 0 Å². The quantitative estimate of drug-likeness (QED) is 0.557. The molecule has 0 saturated heterocycles. The molecule has 0 amide bonds. The summed E-state index contributed by atoms with van der Waals surface area (Å²) >= 11 is 6.12. The number of hydrogen-bond acceptors (Lipinski definition) is 2. The second kappa shape index (κ2) is 6.93. The minimum Gasteiger partial charge on any atom is -0.490 e. The van der Waals surface area contributed by atoms with Gasteiger partial charge in [-0.15, -0.1) is 0 Å². The van der Waals surface area contributed by atoms with Gasteiger partial charge in [0, 0.05) is 28.1 Å². The highest BCUT2D eigenvalue weighted by Crippen LogP contribution is 2.28.